The van der Waals surface area contributed by atoms with Crippen LogP contribution in [0.25, 0.3) is 11.4 Å². The maximum absolute atomic E-state index is 12.0. The lowest BCUT2D eigenvalue weighted by Crippen LogP contribution is -2.37. The number of aromatic carboxylic acids is 1. The number of nitrogens with zero attached hydrogens (tertiary/aromatic N) is 2. The van der Waals surface area contributed by atoms with Crippen molar-refractivity contribution in [3.05, 3.63) is 36.0 Å². The highest BCUT2D eigenvalue weighted by atomic mass is 16.4. The Morgan fingerprint density at radius 1 is 1.24 bits per heavy atom. The van der Waals surface area contributed by atoms with E-state index in [1.807, 2.05) is 0 Å². The molecule has 1 aromatic heterocycles. The Hall–Kier alpha value is -3.49. The molecule has 0 unspecified atom stereocenters. The Kier molecular flexibility index (Phi) is 4.29. The third-order valence-corrected chi connectivity index (χ3v) is 3.72. The summed E-state index contributed by atoms with van der Waals surface area (Å²) in [5.41, 5.74) is 0.687. The zero-order valence-corrected chi connectivity index (χ0v) is 12.9. The molecule has 0 radical (unpaired) electrons. The van der Waals surface area contributed by atoms with Crippen LogP contribution in [-0.2, 0) is 9.59 Å². The monoisotopic (exact) mass is 342 g/mol. The van der Waals surface area contributed by atoms with E-state index in [1.165, 1.54) is 0 Å². The molecule has 1 aromatic carbocycles. The summed E-state index contributed by atoms with van der Waals surface area (Å²) in [6.45, 7) is 0. The average Bonchev–Trinajstić information content (AvgIpc) is 3.02. The SMILES string of the molecule is O=C1CC[C@@H](C(=O)Nc2ccc(-c3ncc(C(=O)O)c(O)n3)cc2)N1. The number of carbonyl (C=O) groups is 3. The second kappa shape index (κ2) is 6.56. The minimum atomic E-state index is -1.32. The smallest absolute Gasteiger partial charge is 0.342 e. The van der Waals surface area contributed by atoms with Crippen molar-refractivity contribution in [3.8, 4) is 17.3 Å². The van der Waals surface area contributed by atoms with Gasteiger partial charge in [-0.25, -0.2) is 9.78 Å². The van der Waals surface area contributed by atoms with E-state index >= 15 is 0 Å². The minimum absolute atomic E-state index is 0.141. The van der Waals surface area contributed by atoms with Crippen LogP contribution in [0.15, 0.2) is 30.5 Å². The van der Waals surface area contributed by atoms with Gasteiger partial charge in [0.25, 0.3) is 0 Å². The standard InChI is InChI=1S/C16H14N4O5/c21-12-6-5-11(19-12)15(23)18-9-3-1-8(2-4-9)13-17-7-10(16(24)25)14(22)20-13/h1-4,7,11H,5-6H2,(H,18,23)(H,19,21)(H,24,25)(H,17,20,22)/t11-/m0/s1. The van der Waals surface area contributed by atoms with Crippen LogP contribution in [0.3, 0.4) is 0 Å². The number of amides is 2. The number of carboxylic acids is 1. The summed E-state index contributed by atoms with van der Waals surface area (Å²) in [6, 6.07) is 5.96. The van der Waals surface area contributed by atoms with Crippen molar-refractivity contribution in [2.45, 2.75) is 18.9 Å². The summed E-state index contributed by atoms with van der Waals surface area (Å²) < 4.78 is 0. The molecule has 2 heterocycles. The second-order valence-electron chi connectivity index (χ2n) is 5.46. The predicted octanol–water partition coefficient (Wildman–Crippen LogP) is 0.764. The zero-order valence-electron chi connectivity index (χ0n) is 12.9. The zero-order chi connectivity index (χ0) is 18.0. The molecule has 0 spiro atoms. The molecule has 2 amide bonds. The van der Waals surface area contributed by atoms with Gasteiger partial charge in [-0.2, -0.15) is 4.98 Å². The fourth-order valence-electron chi connectivity index (χ4n) is 2.41. The van der Waals surface area contributed by atoms with E-state index in [0.29, 0.717) is 24.1 Å². The van der Waals surface area contributed by atoms with Gasteiger partial charge in [0.2, 0.25) is 17.7 Å². The first kappa shape index (κ1) is 16.4. The molecule has 1 atom stereocenters. The number of hydrogen-bond donors (Lipinski definition) is 4. The van der Waals surface area contributed by atoms with Crippen LogP contribution in [0.1, 0.15) is 23.2 Å². The van der Waals surface area contributed by atoms with Crippen LogP contribution >= 0.6 is 0 Å². The summed E-state index contributed by atoms with van der Waals surface area (Å²) in [7, 11) is 0. The maximum atomic E-state index is 12.0. The number of hydrogen-bond acceptors (Lipinski definition) is 6. The molecule has 1 fully saturated rings. The summed E-state index contributed by atoms with van der Waals surface area (Å²) >= 11 is 0. The molecule has 3 rings (SSSR count). The average molecular weight is 342 g/mol. The molecule has 9 nitrogen and oxygen atoms in total. The van der Waals surface area contributed by atoms with E-state index < -0.39 is 17.9 Å². The number of aromatic hydroxyl groups is 1. The number of carbonyl (C=O) groups excluding carboxylic acids is 2. The van der Waals surface area contributed by atoms with Crippen LogP contribution < -0.4 is 10.6 Å². The van der Waals surface area contributed by atoms with E-state index in [9.17, 15) is 19.5 Å². The Morgan fingerprint density at radius 2 is 1.96 bits per heavy atom. The van der Waals surface area contributed by atoms with Gasteiger partial charge >= 0.3 is 5.97 Å². The number of anilines is 1. The van der Waals surface area contributed by atoms with Gasteiger partial charge in [0.1, 0.15) is 11.6 Å². The summed E-state index contributed by atoms with van der Waals surface area (Å²) in [6.07, 6.45) is 1.83. The molecular formula is C16H14N4O5. The fraction of sp³-hybridized carbons (Fsp3) is 0.188. The van der Waals surface area contributed by atoms with Gasteiger partial charge in [-0.1, -0.05) is 0 Å². The Balaban J connectivity index is 1.72. The normalized spacial score (nSPS) is 16.3. The van der Waals surface area contributed by atoms with Crippen molar-refractivity contribution in [1.29, 1.82) is 0 Å². The summed E-state index contributed by atoms with van der Waals surface area (Å²) in [5, 5.41) is 23.7. The highest BCUT2D eigenvalue weighted by Gasteiger charge is 2.27. The molecule has 0 saturated carbocycles. The van der Waals surface area contributed by atoms with Gasteiger partial charge in [-0.15, -0.1) is 0 Å². The first-order valence-corrected chi connectivity index (χ1v) is 7.44. The summed E-state index contributed by atoms with van der Waals surface area (Å²) in [4.78, 5) is 41.7. The van der Waals surface area contributed by atoms with Crippen LogP contribution in [0.4, 0.5) is 5.69 Å². The number of nitrogens with one attached hydrogen (secondary N) is 2. The predicted molar refractivity (Wildman–Crippen MR) is 85.9 cm³/mol. The number of rotatable bonds is 4. The van der Waals surface area contributed by atoms with Crippen LogP contribution in [-0.4, -0.2) is 44.0 Å². The Morgan fingerprint density at radius 3 is 2.52 bits per heavy atom. The lowest BCUT2D eigenvalue weighted by atomic mass is 10.1. The largest absolute Gasteiger partial charge is 0.493 e. The molecule has 128 valence electrons. The first-order valence-electron chi connectivity index (χ1n) is 7.44. The van der Waals surface area contributed by atoms with E-state index in [4.69, 9.17) is 5.11 Å². The van der Waals surface area contributed by atoms with Gasteiger partial charge in [-0.05, 0) is 30.7 Å². The fourth-order valence-corrected chi connectivity index (χ4v) is 2.41. The lowest BCUT2D eigenvalue weighted by molar-refractivity contribution is -0.122. The van der Waals surface area contributed by atoms with E-state index in [0.717, 1.165) is 6.20 Å². The molecule has 4 N–H and O–H groups in total. The second-order valence-corrected chi connectivity index (χ2v) is 5.46. The Bertz CT molecular complexity index is 850. The molecule has 2 aromatic rings. The van der Waals surface area contributed by atoms with Crippen molar-refractivity contribution < 1.29 is 24.6 Å². The molecule has 1 aliphatic heterocycles. The van der Waals surface area contributed by atoms with Crippen LogP contribution in [0.5, 0.6) is 5.88 Å². The summed E-state index contributed by atoms with van der Waals surface area (Å²) in [5.74, 6) is -2.22. The van der Waals surface area contributed by atoms with E-state index in [-0.39, 0.29) is 23.2 Å². The van der Waals surface area contributed by atoms with Gasteiger partial charge in [0.05, 0.1) is 0 Å². The lowest BCUT2D eigenvalue weighted by Gasteiger charge is -2.11. The third-order valence-electron chi connectivity index (χ3n) is 3.72. The van der Waals surface area contributed by atoms with Crippen molar-refractivity contribution in [2.75, 3.05) is 5.32 Å². The molecule has 1 aliphatic rings. The van der Waals surface area contributed by atoms with Crippen LogP contribution in [0, 0.1) is 0 Å². The quantitative estimate of drug-likeness (QED) is 0.643. The van der Waals surface area contributed by atoms with Gasteiger partial charge in [0.15, 0.2) is 5.82 Å². The van der Waals surface area contributed by atoms with Crippen molar-refractivity contribution in [2.24, 2.45) is 0 Å². The van der Waals surface area contributed by atoms with Gasteiger partial charge in [0, 0.05) is 23.9 Å². The molecule has 25 heavy (non-hydrogen) atoms. The van der Waals surface area contributed by atoms with E-state index in [1.54, 1.807) is 24.3 Å². The number of carboxylic acid groups (broad SMARTS) is 1. The first-order chi connectivity index (χ1) is 11.9. The Labute approximate surface area is 141 Å². The molecule has 0 bridgehead atoms. The molecule has 0 aliphatic carbocycles. The highest BCUT2D eigenvalue weighted by Crippen LogP contribution is 2.22. The maximum Gasteiger partial charge on any atom is 0.342 e. The van der Waals surface area contributed by atoms with Gasteiger partial charge in [-0.3, -0.25) is 9.59 Å². The van der Waals surface area contributed by atoms with Crippen molar-refractivity contribution in [3.63, 3.8) is 0 Å². The van der Waals surface area contributed by atoms with Crippen molar-refractivity contribution in [1.82, 2.24) is 15.3 Å². The molecule has 1 saturated heterocycles. The molecular weight excluding hydrogens is 328 g/mol. The van der Waals surface area contributed by atoms with Crippen molar-refractivity contribution >= 4 is 23.5 Å². The topological polar surface area (TPSA) is 142 Å². The molecule has 9 heteroatoms. The highest BCUT2D eigenvalue weighted by molar-refractivity contribution is 5.99. The van der Waals surface area contributed by atoms with Gasteiger partial charge < -0.3 is 20.8 Å². The third kappa shape index (κ3) is 3.55. The minimum Gasteiger partial charge on any atom is -0.493 e. The van der Waals surface area contributed by atoms with Crippen LogP contribution in [0.2, 0.25) is 0 Å². The number of aromatic nitrogens is 2. The number of benzene rings is 1. The van der Waals surface area contributed by atoms with E-state index in [2.05, 4.69) is 20.6 Å².